The van der Waals surface area contributed by atoms with Crippen LogP contribution in [-0.2, 0) is 26.2 Å². The minimum absolute atomic E-state index is 0.0109. The zero-order valence-corrected chi connectivity index (χ0v) is 23.5. The van der Waals surface area contributed by atoms with Gasteiger partial charge in [0.05, 0.1) is 11.9 Å². The molecule has 7 nitrogen and oxygen atoms in total. The number of hydrogen-bond acceptors (Lipinski definition) is 4. The number of carbonyl (C=O) groups excluding carboxylic acids is 2. The summed E-state index contributed by atoms with van der Waals surface area (Å²) in [6.07, 6.45) is 2.44. The molecule has 2 aromatic rings. The molecule has 8 heteroatoms. The van der Waals surface area contributed by atoms with Crippen molar-refractivity contribution in [2.24, 2.45) is 0 Å². The largest absolute Gasteiger partial charge is 0.352 e. The van der Waals surface area contributed by atoms with Gasteiger partial charge < -0.3 is 10.2 Å². The number of anilines is 1. The molecule has 0 radical (unpaired) electrons. The van der Waals surface area contributed by atoms with Gasteiger partial charge in [-0.05, 0) is 70.2 Å². The van der Waals surface area contributed by atoms with Gasteiger partial charge in [-0.2, -0.15) is 0 Å². The first-order chi connectivity index (χ1) is 16.8. The highest BCUT2D eigenvalue weighted by Gasteiger charge is 2.27. The van der Waals surface area contributed by atoms with Crippen LogP contribution in [0.5, 0.6) is 0 Å². The molecule has 0 heterocycles. The van der Waals surface area contributed by atoms with Crippen molar-refractivity contribution in [3.8, 4) is 0 Å². The third-order valence-corrected chi connectivity index (χ3v) is 7.57. The number of nitrogens with one attached hydrogen (secondary N) is 1. The SMILES string of the molecule is CC[C@H](C)NC(=O)[C@H](C)N(Cc1cccc(C)c1)C(=O)CCCN(c1cc(C)ccc1C)S(C)(=O)=O. The van der Waals surface area contributed by atoms with Crippen LogP contribution in [0.25, 0.3) is 0 Å². The molecule has 0 spiro atoms. The molecular formula is C28H41N3O4S. The van der Waals surface area contributed by atoms with Gasteiger partial charge in [0, 0.05) is 25.6 Å². The number of amides is 2. The summed E-state index contributed by atoms with van der Waals surface area (Å²) < 4.78 is 26.5. The van der Waals surface area contributed by atoms with Gasteiger partial charge in [0.25, 0.3) is 0 Å². The van der Waals surface area contributed by atoms with Crippen molar-refractivity contribution in [3.63, 3.8) is 0 Å². The normalized spacial score (nSPS) is 13.1. The van der Waals surface area contributed by atoms with Crippen molar-refractivity contribution in [3.05, 3.63) is 64.7 Å². The average molecular weight is 516 g/mol. The van der Waals surface area contributed by atoms with E-state index in [1.54, 1.807) is 11.8 Å². The van der Waals surface area contributed by atoms with E-state index >= 15 is 0 Å². The molecule has 2 amide bonds. The lowest BCUT2D eigenvalue weighted by molar-refractivity contribution is -0.140. The Labute approximate surface area is 216 Å². The van der Waals surface area contributed by atoms with Gasteiger partial charge in [0.15, 0.2) is 0 Å². The van der Waals surface area contributed by atoms with Crippen molar-refractivity contribution < 1.29 is 18.0 Å². The van der Waals surface area contributed by atoms with Crippen LogP contribution in [0.4, 0.5) is 5.69 Å². The Hall–Kier alpha value is -2.87. The summed E-state index contributed by atoms with van der Waals surface area (Å²) in [5.41, 5.74) is 4.47. The van der Waals surface area contributed by atoms with Gasteiger partial charge in [-0.3, -0.25) is 13.9 Å². The van der Waals surface area contributed by atoms with Crippen LogP contribution >= 0.6 is 0 Å². The van der Waals surface area contributed by atoms with E-state index < -0.39 is 16.1 Å². The Morgan fingerprint density at radius 1 is 1.00 bits per heavy atom. The molecule has 0 unspecified atom stereocenters. The number of benzene rings is 2. The smallest absolute Gasteiger partial charge is 0.242 e. The highest BCUT2D eigenvalue weighted by molar-refractivity contribution is 7.92. The van der Waals surface area contributed by atoms with E-state index in [1.807, 2.05) is 77.1 Å². The fourth-order valence-electron chi connectivity index (χ4n) is 4.03. The van der Waals surface area contributed by atoms with Crippen LogP contribution in [-0.4, -0.2) is 50.0 Å². The van der Waals surface area contributed by atoms with Gasteiger partial charge in [0.2, 0.25) is 21.8 Å². The molecule has 0 aliphatic carbocycles. The number of nitrogens with zero attached hydrogens (tertiary/aromatic N) is 2. The highest BCUT2D eigenvalue weighted by atomic mass is 32.2. The Morgan fingerprint density at radius 3 is 2.28 bits per heavy atom. The van der Waals surface area contributed by atoms with E-state index in [2.05, 4.69) is 5.32 Å². The molecule has 198 valence electrons. The Bertz CT molecular complexity index is 1160. The van der Waals surface area contributed by atoms with Crippen LogP contribution < -0.4 is 9.62 Å². The number of hydrogen-bond donors (Lipinski definition) is 1. The van der Waals surface area contributed by atoms with Gasteiger partial charge in [-0.25, -0.2) is 8.42 Å². The van der Waals surface area contributed by atoms with Crippen molar-refractivity contribution in [2.45, 2.75) is 79.4 Å². The topological polar surface area (TPSA) is 86.8 Å². The lowest BCUT2D eigenvalue weighted by atomic mass is 10.1. The molecule has 36 heavy (non-hydrogen) atoms. The fraction of sp³-hybridized carbons (Fsp3) is 0.500. The molecule has 0 aliphatic heterocycles. The van der Waals surface area contributed by atoms with Gasteiger partial charge in [-0.15, -0.1) is 0 Å². The Balaban J connectivity index is 2.21. The van der Waals surface area contributed by atoms with E-state index in [1.165, 1.54) is 10.6 Å². The lowest BCUT2D eigenvalue weighted by Gasteiger charge is -2.30. The van der Waals surface area contributed by atoms with E-state index in [4.69, 9.17) is 0 Å². The standard InChI is InChI=1S/C28H41N3O4S/c1-8-23(5)29-28(33)24(6)30(19-25-12-9-11-20(2)17-25)27(32)13-10-16-31(36(7,34)35)26-18-21(3)14-15-22(26)4/h9,11-12,14-15,17-18,23-24H,8,10,13,16,19H2,1-7H3,(H,29,33)/t23-,24-/m0/s1. The number of rotatable bonds is 12. The molecule has 0 saturated carbocycles. The molecule has 0 aliphatic rings. The monoisotopic (exact) mass is 515 g/mol. The van der Waals surface area contributed by atoms with Crippen LogP contribution in [0.15, 0.2) is 42.5 Å². The number of sulfonamides is 1. The van der Waals surface area contributed by atoms with Crippen LogP contribution in [0.1, 0.15) is 62.3 Å². The van der Waals surface area contributed by atoms with Crippen molar-refractivity contribution in [1.82, 2.24) is 10.2 Å². The second-order valence-corrected chi connectivity index (χ2v) is 11.6. The zero-order chi connectivity index (χ0) is 27.0. The van der Waals surface area contributed by atoms with Gasteiger partial charge in [-0.1, -0.05) is 48.9 Å². The molecule has 0 aromatic heterocycles. The molecule has 2 aromatic carbocycles. The summed E-state index contributed by atoms with van der Waals surface area (Å²) in [7, 11) is -3.53. The zero-order valence-electron chi connectivity index (χ0n) is 22.7. The lowest BCUT2D eigenvalue weighted by Crippen LogP contribution is -2.49. The van der Waals surface area contributed by atoms with Crippen molar-refractivity contribution >= 4 is 27.5 Å². The third-order valence-electron chi connectivity index (χ3n) is 6.39. The van der Waals surface area contributed by atoms with E-state index in [0.29, 0.717) is 18.7 Å². The molecule has 2 atom stereocenters. The Morgan fingerprint density at radius 2 is 1.67 bits per heavy atom. The molecule has 0 bridgehead atoms. The minimum atomic E-state index is -3.53. The summed E-state index contributed by atoms with van der Waals surface area (Å²) in [6.45, 7) is 11.9. The van der Waals surface area contributed by atoms with Crippen molar-refractivity contribution in [1.29, 1.82) is 0 Å². The quantitative estimate of drug-likeness (QED) is 0.451. The second kappa shape index (κ2) is 12.9. The summed E-state index contributed by atoms with van der Waals surface area (Å²) in [6, 6.07) is 12.9. The molecule has 0 fully saturated rings. The fourth-order valence-corrected chi connectivity index (χ4v) is 5.04. The molecule has 2 rings (SSSR count). The minimum Gasteiger partial charge on any atom is -0.352 e. The van der Waals surface area contributed by atoms with Crippen LogP contribution in [0, 0.1) is 20.8 Å². The van der Waals surface area contributed by atoms with E-state index in [9.17, 15) is 18.0 Å². The predicted molar refractivity (Wildman–Crippen MR) is 146 cm³/mol. The van der Waals surface area contributed by atoms with Crippen molar-refractivity contribution in [2.75, 3.05) is 17.1 Å². The molecule has 1 N–H and O–H groups in total. The average Bonchev–Trinajstić information content (AvgIpc) is 2.80. The summed E-state index contributed by atoms with van der Waals surface area (Å²) in [5, 5.41) is 2.97. The van der Waals surface area contributed by atoms with Crippen LogP contribution in [0.3, 0.4) is 0 Å². The Kier molecular flexibility index (Phi) is 10.5. The first kappa shape index (κ1) is 29.4. The molecule has 0 saturated heterocycles. The van der Waals surface area contributed by atoms with Gasteiger partial charge >= 0.3 is 0 Å². The van der Waals surface area contributed by atoms with E-state index in [0.717, 1.165) is 28.7 Å². The maximum Gasteiger partial charge on any atom is 0.242 e. The summed E-state index contributed by atoms with van der Waals surface area (Å²) in [5.74, 6) is -0.378. The van der Waals surface area contributed by atoms with Gasteiger partial charge in [0.1, 0.15) is 6.04 Å². The van der Waals surface area contributed by atoms with Crippen LogP contribution in [0.2, 0.25) is 0 Å². The molecular weight excluding hydrogens is 474 g/mol. The first-order valence-corrected chi connectivity index (χ1v) is 14.4. The maximum atomic E-state index is 13.4. The maximum absolute atomic E-state index is 13.4. The number of aryl methyl sites for hydroxylation is 3. The summed E-state index contributed by atoms with van der Waals surface area (Å²) in [4.78, 5) is 27.9. The summed E-state index contributed by atoms with van der Waals surface area (Å²) >= 11 is 0. The second-order valence-electron chi connectivity index (χ2n) is 9.73. The third kappa shape index (κ3) is 8.36. The first-order valence-electron chi connectivity index (χ1n) is 12.5. The highest BCUT2D eigenvalue weighted by Crippen LogP contribution is 2.24. The van der Waals surface area contributed by atoms with E-state index in [-0.39, 0.29) is 30.8 Å². The predicted octanol–water partition coefficient (Wildman–Crippen LogP) is 4.49. The number of carbonyl (C=O) groups is 2.